The lowest BCUT2D eigenvalue weighted by Gasteiger charge is -2.13. The van der Waals surface area contributed by atoms with Crippen molar-refractivity contribution in [3.05, 3.63) is 73.0 Å². The van der Waals surface area contributed by atoms with E-state index in [-0.39, 0.29) is 0 Å². The van der Waals surface area contributed by atoms with E-state index in [0.717, 1.165) is 43.8 Å². The predicted molar refractivity (Wildman–Crippen MR) is 153 cm³/mol. The smallest absolute Gasteiger partial charge is 0.142 e. The van der Waals surface area contributed by atoms with Gasteiger partial charge in [0.2, 0.25) is 0 Å². The van der Waals surface area contributed by atoms with Crippen LogP contribution in [-0.4, -0.2) is 21.4 Å². The van der Waals surface area contributed by atoms with Crippen LogP contribution in [0.2, 0.25) is 0 Å². The minimum Gasteiger partial charge on any atom is -0.506 e. The van der Waals surface area contributed by atoms with Gasteiger partial charge in [-0.2, -0.15) is 0 Å². The molecule has 0 fully saturated rings. The number of hydrogen-bond acceptors (Lipinski definition) is 3. The maximum Gasteiger partial charge on any atom is 0.142 e. The lowest BCUT2D eigenvalue weighted by Crippen LogP contribution is -2.08. The van der Waals surface area contributed by atoms with Crippen molar-refractivity contribution >= 4 is 90.4 Å². The zero-order valence-electron chi connectivity index (χ0n) is 16.0. The van der Waals surface area contributed by atoms with Gasteiger partial charge >= 0.3 is 0 Å². The summed E-state index contributed by atoms with van der Waals surface area (Å²) in [5.41, 5.74) is 4.34. The summed E-state index contributed by atoms with van der Waals surface area (Å²) in [4.78, 5) is 0. The predicted octanol–water partition coefficient (Wildman–Crippen LogP) is 6.95. The second-order valence-electron chi connectivity index (χ2n) is 6.87. The Balaban J connectivity index is 2.11. The molecule has 0 radical (unpaired) electrons. The van der Waals surface area contributed by atoms with E-state index in [1.807, 2.05) is 24.3 Å². The van der Waals surface area contributed by atoms with E-state index in [0.29, 0.717) is 17.9 Å². The number of aliphatic hydroxyl groups is 1. The molecule has 0 aliphatic heterocycles. The maximum absolute atomic E-state index is 10.2. The standard InChI is InChI=1S/C22H22I4O3/c1-12(4-3-5-14-8-17(23)21(28)18(24)9-14)6-16(13(2)27)7-15-10-19(25)22(29)20(26)11-15/h4,6,8-11,13,27-29H,3,5,7H2,1-2H3/b12-4-,16-6-. The largest absolute Gasteiger partial charge is 0.506 e. The summed E-state index contributed by atoms with van der Waals surface area (Å²) in [5, 5.41) is 30.1. The Labute approximate surface area is 226 Å². The third-order valence-electron chi connectivity index (χ3n) is 4.41. The number of phenolic OH excluding ortho intramolecular Hbond substituents is 2. The van der Waals surface area contributed by atoms with Crippen molar-refractivity contribution in [2.45, 2.75) is 39.2 Å². The molecule has 1 unspecified atom stereocenters. The number of rotatable bonds is 7. The van der Waals surface area contributed by atoms with Gasteiger partial charge in [-0.3, -0.25) is 0 Å². The van der Waals surface area contributed by atoms with Crippen LogP contribution in [0.5, 0.6) is 11.5 Å². The first kappa shape index (κ1) is 25.7. The van der Waals surface area contributed by atoms with Gasteiger partial charge in [0.25, 0.3) is 0 Å². The van der Waals surface area contributed by atoms with Gasteiger partial charge in [-0.05, 0) is 164 Å². The minimum absolute atomic E-state index is 0.312. The molecule has 2 aromatic carbocycles. The molecule has 2 aromatic rings. The van der Waals surface area contributed by atoms with Crippen molar-refractivity contribution in [2.24, 2.45) is 0 Å². The number of aromatic hydroxyl groups is 2. The number of hydrogen-bond donors (Lipinski definition) is 3. The van der Waals surface area contributed by atoms with Crippen molar-refractivity contribution in [1.29, 1.82) is 0 Å². The molecule has 0 aromatic heterocycles. The number of benzene rings is 2. The van der Waals surface area contributed by atoms with Gasteiger partial charge in [-0.25, -0.2) is 0 Å². The van der Waals surface area contributed by atoms with Gasteiger partial charge in [0.1, 0.15) is 11.5 Å². The average Bonchev–Trinajstić information content (AvgIpc) is 2.63. The van der Waals surface area contributed by atoms with Crippen molar-refractivity contribution in [2.75, 3.05) is 0 Å². The second kappa shape index (κ2) is 11.9. The average molecular weight is 842 g/mol. The van der Waals surface area contributed by atoms with Crippen LogP contribution in [0.4, 0.5) is 0 Å². The number of phenols is 2. The van der Waals surface area contributed by atoms with Gasteiger partial charge in [-0.1, -0.05) is 17.7 Å². The summed E-state index contributed by atoms with van der Waals surface area (Å²) in [6.07, 6.45) is 6.13. The zero-order valence-corrected chi connectivity index (χ0v) is 24.6. The van der Waals surface area contributed by atoms with Crippen LogP contribution in [0.25, 0.3) is 0 Å². The van der Waals surface area contributed by atoms with Crippen LogP contribution in [0.3, 0.4) is 0 Å². The first-order chi connectivity index (χ1) is 13.6. The summed E-state index contributed by atoms with van der Waals surface area (Å²) in [6.45, 7) is 3.84. The molecule has 0 aliphatic rings. The molecule has 0 bridgehead atoms. The molecule has 0 saturated heterocycles. The maximum atomic E-state index is 10.2. The molecule has 1 atom stereocenters. The highest BCUT2D eigenvalue weighted by atomic mass is 127. The van der Waals surface area contributed by atoms with E-state index in [2.05, 4.69) is 109 Å². The van der Waals surface area contributed by atoms with Gasteiger partial charge in [0.05, 0.1) is 20.4 Å². The topological polar surface area (TPSA) is 60.7 Å². The quantitative estimate of drug-likeness (QED) is 0.209. The normalized spacial score (nSPS) is 13.6. The van der Waals surface area contributed by atoms with Crippen LogP contribution in [-0.2, 0) is 12.8 Å². The minimum atomic E-state index is -0.539. The third kappa shape index (κ3) is 7.79. The highest BCUT2D eigenvalue weighted by Gasteiger charge is 2.11. The van der Waals surface area contributed by atoms with Crippen LogP contribution in [0, 0.1) is 14.3 Å². The Kier molecular flexibility index (Phi) is 10.5. The van der Waals surface area contributed by atoms with Crippen molar-refractivity contribution < 1.29 is 15.3 Å². The van der Waals surface area contributed by atoms with Crippen LogP contribution in [0.1, 0.15) is 31.4 Å². The van der Waals surface area contributed by atoms with E-state index in [1.54, 1.807) is 6.92 Å². The van der Waals surface area contributed by atoms with E-state index in [1.165, 1.54) is 5.56 Å². The molecule has 0 heterocycles. The van der Waals surface area contributed by atoms with Crippen LogP contribution >= 0.6 is 90.4 Å². The summed E-state index contributed by atoms with van der Waals surface area (Å²) in [6, 6.07) is 7.96. The molecule has 0 aliphatic carbocycles. The number of halogens is 4. The van der Waals surface area contributed by atoms with Crippen molar-refractivity contribution in [1.82, 2.24) is 0 Å². The number of aryl methyl sites for hydroxylation is 1. The molecule has 29 heavy (non-hydrogen) atoms. The van der Waals surface area contributed by atoms with E-state index >= 15 is 0 Å². The van der Waals surface area contributed by atoms with Gasteiger partial charge in [0, 0.05) is 0 Å². The Bertz CT molecular complexity index is 903. The fourth-order valence-electron chi connectivity index (χ4n) is 2.86. The molecule has 3 N–H and O–H groups in total. The van der Waals surface area contributed by atoms with Gasteiger partial charge in [-0.15, -0.1) is 0 Å². The fourth-order valence-corrected chi connectivity index (χ4v) is 6.65. The molecule has 3 nitrogen and oxygen atoms in total. The second-order valence-corrected chi connectivity index (χ2v) is 11.5. The Hall–Kier alpha value is 0.400. The lowest BCUT2D eigenvalue weighted by atomic mass is 9.98. The molecule has 0 saturated carbocycles. The van der Waals surface area contributed by atoms with E-state index in [4.69, 9.17) is 0 Å². The summed E-state index contributed by atoms with van der Waals surface area (Å²) >= 11 is 8.57. The Morgan fingerprint density at radius 1 is 0.897 bits per heavy atom. The SMILES string of the molecule is CC(=C/CCc1cc(I)c(O)c(I)c1)/C=C(/Cc1cc(I)c(O)c(I)c1)C(C)O. The number of allylic oxidation sites excluding steroid dienone is 3. The first-order valence-electron chi connectivity index (χ1n) is 8.97. The number of aliphatic hydroxyl groups excluding tert-OH is 1. The molecule has 7 heteroatoms. The van der Waals surface area contributed by atoms with Crippen molar-refractivity contribution in [3.8, 4) is 11.5 Å². The van der Waals surface area contributed by atoms with Gasteiger partial charge < -0.3 is 15.3 Å². The fraction of sp³-hybridized carbons (Fsp3) is 0.273. The highest BCUT2D eigenvalue weighted by Crippen LogP contribution is 2.29. The molecular formula is C22H22I4O3. The molecule has 0 spiro atoms. The lowest BCUT2D eigenvalue weighted by molar-refractivity contribution is 0.228. The zero-order chi connectivity index (χ0) is 21.7. The molecular weight excluding hydrogens is 820 g/mol. The van der Waals surface area contributed by atoms with Crippen LogP contribution in [0.15, 0.2) is 47.6 Å². The monoisotopic (exact) mass is 842 g/mol. The molecule has 156 valence electrons. The van der Waals surface area contributed by atoms with Crippen LogP contribution < -0.4 is 0 Å². The Morgan fingerprint density at radius 3 is 1.79 bits per heavy atom. The van der Waals surface area contributed by atoms with Gasteiger partial charge in [0.15, 0.2) is 0 Å². The summed E-state index contributed by atoms with van der Waals surface area (Å²) in [5.74, 6) is 0.664. The third-order valence-corrected chi connectivity index (χ3v) is 7.70. The van der Waals surface area contributed by atoms with Crippen molar-refractivity contribution in [3.63, 3.8) is 0 Å². The first-order valence-corrected chi connectivity index (χ1v) is 13.3. The summed E-state index contributed by atoms with van der Waals surface area (Å²) in [7, 11) is 0. The van der Waals surface area contributed by atoms with E-state index in [9.17, 15) is 15.3 Å². The molecule has 0 amide bonds. The summed E-state index contributed by atoms with van der Waals surface area (Å²) < 4.78 is 3.39. The Morgan fingerprint density at radius 2 is 1.34 bits per heavy atom. The highest BCUT2D eigenvalue weighted by molar-refractivity contribution is 14.1. The molecule has 2 rings (SSSR count). The van der Waals surface area contributed by atoms with E-state index < -0.39 is 6.10 Å².